The van der Waals surface area contributed by atoms with Crippen LogP contribution in [0.5, 0.6) is 0 Å². The predicted molar refractivity (Wildman–Crippen MR) is 119 cm³/mol. The number of aromatic nitrogens is 4. The first-order chi connectivity index (χ1) is 14.5. The zero-order valence-electron chi connectivity index (χ0n) is 17.2. The van der Waals surface area contributed by atoms with Crippen LogP contribution in [0.3, 0.4) is 0 Å². The molecule has 1 aromatic carbocycles. The SMILES string of the molecule is CCn1cnc2c(Nc3cccc(Cl)c3)nc(N[C@@H]3CCCC[C@@H]3NC(C)=O)nc21. The van der Waals surface area contributed by atoms with Crippen molar-refractivity contribution in [3.05, 3.63) is 35.6 Å². The van der Waals surface area contributed by atoms with Gasteiger partial charge in [0, 0.05) is 36.3 Å². The van der Waals surface area contributed by atoms with Gasteiger partial charge in [-0.1, -0.05) is 30.5 Å². The van der Waals surface area contributed by atoms with Crippen molar-refractivity contribution in [3.8, 4) is 0 Å². The zero-order chi connectivity index (χ0) is 21.1. The summed E-state index contributed by atoms with van der Waals surface area (Å²) in [4.78, 5) is 25.6. The minimum absolute atomic E-state index is 0.0163. The molecular formula is C21H26ClN7O. The van der Waals surface area contributed by atoms with Crippen LogP contribution in [-0.4, -0.2) is 37.5 Å². The third-order valence-corrected chi connectivity index (χ3v) is 5.60. The van der Waals surface area contributed by atoms with E-state index in [0.29, 0.717) is 22.3 Å². The van der Waals surface area contributed by atoms with Gasteiger partial charge < -0.3 is 20.5 Å². The van der Waals surface area contributed by atoms with Gasteiger partial charge in [0.2, 0.25) is 11.9 Å². The summed E-state index contributed by atoms with van der Waals surface area (Å²) in [6.45, 7) is 4.36. The van der Waals surface area contributed by atoms with Crippen LogP contribution >= 0.6 is 11.6 Å². The first kappa shape index (κ1) is 20.4. The van der Waals surface area contributed by atoms with Gasteiger partial charge in [0.05, 0.1) is 6.33 Å². The predicted octanol–water partition coefficient (Wildman–Crippen LogP) is 4.10. The summed E-state index contributed by atoms with van der Waals surface area (Å²) in [7, 11) is 0. The number of nitrogens with one attached hydrogen (secondary N) is 3. The lowest BCUT2D eigenvalue weighted by Crippen LogP contribution is -2.48. The van der Waals surface area contributed by atoms with Gasteiger partial charge in [0.25, 0.3) is 0 Å². The average Bonchev–Trinajstić information content (AvgIpc) is 3.12. The highest BCUT2D eigenvalue weighted by atomic mass is 35.5. The Hall–Kier alpha value is -2.87. The fourth-order valence-electron chi connectivity index (χ4n) is 3.93. The van der Waals surface area contributed by atoms with Crippen molar-refractivity contribution in [1.29, 1.82) is 0 Å². The second-order valence-electron chi connectivity index (χ2n) is 7.58. The Balaban J connectivity index is 1.68. The van der Waals surface area contributed by atoms with Crippen LogP contribution in [0.25, 0.3) is 11.2 Å². The molecule has 30 heavy (non-hydrogen) atoms. The van der Waals surface area contributed by atoms with Gasteiger partial charge in [-0.15, -0.1) is 0 Å². The van der Waals surface area contributed by atoms with E-state index in [-0.39, 0.29) is 18.0 Å². The fraction of sp³-hybridized carbons (Fsp3) is 0.429. The molecule has 1 fully saturated rings. The molecule has 0 unspecified atom stereocenters. The van der Waals surface area contributed by atoms with Crippen molar-refractivity contribution < 1.29 is 4.79 Å². The van der Waals surface area contributed by atoms with Gasteiger partial charge in [-0.05, 0) is 38.0 Å². The maximum atomic E-state index is 11.6. The number of nitrogens with zero attached hydrogens (tertiary/aromatic N) is 4. The molecule has 158 valence electrons. The molecule has 3 N–H and O–H groups in total. The lowest BCUT2D eigenvalue weighted by molar-refractivity contribution is -0.119. The first-order valence-electron chi connectivity index (χ1n) is 10.3. The van der Waals surface area contributed by atoms with E-state index in [1.54, 1.807) is 13.3 Å². The van der Waals surface area contributed by atoms with E-state index in [4.69, 9.17) is 21.6 Å². The Bertz CT molecular complexity index is 1050. The number of aryl methyl sites for hydroxylation is 1. The topological polar surface area (TPSA) is 96.8 Å². The van der Waals surface area contributed by atoms with Crippen LogP contribution in [0.1, 0.15) is 39.5 Å². The monoisotopic (exact) mass is 427 g/mol. The summed E-state index contributed by atoms with van der Waals surface area (Å²) in [5, 5.41) is 10.5. The molecule has 1 saturated carbocycles. The van der Waals surface area contributed by atoms with E-state index in [2.05, 4.69) is 20.9 Å². The van der Waals surface area contributed by atoms with E-state index in [0.717, 1.165) is 43.6 Å². The second-order valence-corrected chi connectivity index (χ2v) is 8.01. The van der Waals surface area contributed by atoms with Crippen molar-refractivity contribution in [3.63, 3.8) is 0 Å². The number of amides is 1. The summed E-state index contributed by atoms with van der Waals surface area (Å²) in [5.41, 5.74) is 2.28. The summed E-state index contributed by atoms with van der Waals surface area (Å²) < 4.78 is 1.98. The molecule has 1 aliphatic rings. The molecule has 1 amide bonds. The third kappa shape index (κ3) is 4.48. The van der Waals surface area contributed by atoms with Crippen LogP contribution in [0, 0.1) is 0 Å². The molecule has 4 rings (SSSR count). The van der Waals surface area contributed by atoms with Gasteiger partial charge in [-0.2, -0.15) is 9.97 Å². The molecule has 2 aromatic heterocycles. The van der Waals surface area contributed by atoms with E-state index < -0.39 is 0 Å². The largest absolute Gasteiger partial charge is 0.352 e. The van der Waals surface area contributed by atoms with Gasteiger partial charge in [0.1, 0.15) is 0 Å². The maximum absolute atomic E-state index is 11.6. The van der Waals surface area contributed by atoms with Crippen LogP contribution in [0.4, 0.5) is 17.5 Å². The highest BCUT2D eigenvalue weighted by Crippen LogP contribution is 2.27. The Morgan fingerprint density at radius 1 is 1.23 bits per heavy atom. The number of hydrogen-bond acceptors (Lipinski definition) is 6. The molecule has 0 aliphatic heterocycles. The second kappa shape index (κ2) is 8.87. The molecule has 8 nitrogen and oxygen atoms in total. The standard InChI is InChI=1S/C21H26ClN7O/c1-3-29-12-23-18-19(25-15-8-6-7-14(22)11-15)27-21(28-20(18)29)26-17-10-5-4-9-16(17)24-13(2)30/h6-8,11-12,16-17H,3-5,9-10H2,1-2H3,(H,24,30)(H2,25,26,27,28)/t16-,17+/m0/s1. The Kier molecular flexibility index (Phi) is 6.03. The third-order valence-electron chi connectivity index (χ3n) is 5.36. The number of carbonyl (C=O) groups is 1. The molecular weight excluding hydrogens is 402 g/mol. The molecule has 3 aromatic rings. The smallest absolute Gasteiger partial charge is 0.227 e. The molecule has 1 aliphatic carbocycles. The summed E-state index contributed by atoms with van der Waals surface area (Å²) in [5.74, 6) is 1.12. The minimum atomic E-state index is -0.0163. The number of fused-ring (bicyclic) bond motifs is 1. The first-order valence-corrected chi connectivity index (χ1v) is 10.7. The number of hydrogen-bond donors (Lipinski definition) is 3. The average molecular weight is 428 g/mol. The molecule has 9 heteroatoms. The number of rotatable bonds is 6. The Morgan fingerprint density at radius 3 is 2.77 bits per heavy atom. The van der Waals surface area contributed by atoms with Gasteiger partial charge in [0.15, 0.2) is 17.0 Å². The van der Waals surface area contributed by atoms with Crippen LogP contribution < -0.4 is 16.0 Å². The van der Waals surface area contributed by atoms with Crippen molar-refractivity contribution in [2.24, 2.45) is 0 Å². The molecule has 2 atom stereocenters. The van der Waals surface area contributed by atoms with Gasteiger partial charge in [-0.25, -0.2) is 4.98 Å². The summed E-state index contributed by atoms with van der Waals surface area (Å²) >= 11 is 6.13. The van der Waals surface area contributed by atoms with E-state index in [1.807, 2.05) is 35.8 Å². The summed E-state index contributed by atoms with van der Waals surface area (Å²) in [6.07, 6.45) is 5.88. The van der Waals surface area contributed by atoms with Crippen molar-refractivity contribution >= 4 is 46.1 Å². The number of carbonyl (C=O) groups excluding carboxylic acids is 1. The quantitative estimate of drug-likeness (QED) is 0.548. The van der Waals surface area contributed by atoms with Crippen molar-refractivity contribution in [2.75, 3.05) is 10.6 Å². The number of benzene rings is 1. The molecule has 0 radical (unpaired) electrons. The number of halogens is 1. The van der Waals surface area contributed by atoms with Crippen LogP contribution in [0.15, 0.2) is 30.6 Å². The van der Waals surface area contributed by atoms with Gasteiger partial charge in [-0.3, -0.25) is 4.79 Å². The normalized spacial score (nSPS) is 18.9. The van der Waals surface area contributed by atoms with E-state index in [1.165, 1.54) is 0 Å². The zero-order valence-corrected chi connectivity index (χ0v) is 17.9. The minimum Gasteiger partial charge on any atom is -0.352 e. The number of imidazole rings is 1. The van der Waals surface area contributed by atoms with E-state index >= 15 is 0 Å². The Labute approximate surface area is 180 Å². The van der Waals surface area contributed by atoms with Crippen molar-refractivity contribution in [2.45, 2.75) is 58.2 Å². The lowest BCUT2D eigenvalue weighted by atomic mass is 9.90. The highest BCUT2D eigenvalue weighted by Gasteiger charge is 2.27. The fourth-order valence-corrected chi connectivity index (χ4v) is 4.12. The van der Waals surface area contributed by atoms with Crippen LogP contribution in [-0.2, 0) is 11.3 Å². The molecule has 0 bridgehead atoms. The highest BCUT2D eigenvalue weighted by molar-refractivity contribution is 6.30. The molecule has 2 heterocycles. The molecule has 0 saturated heterocycles. The summed E-state index contributed by atoms with van der Waals surface area (Å²) in [6, 6.07) is 7.62. The van der Waals surface area contributed by atoms with Gasteiger partial charge >= 0.3 is 0 Å². The van der Waals surface area contributed by atoms with Crippen molar-refractivity contribution in [1.82, 2.24) is 24.8 Å². The number of anilines is 3. The maximum Gasteiger partial charge on any atom is 0.227 e. The Morgan fingerprint density at radius 2 is 2.03 bits per heavy atom. The van der Waals surface area contributed by atoms with E-state index in [9.17, 15) is 4.79 Å². The van der Waals surface area contributed by atoms with Crippen LogP contribution in [0.2, 0.25) is 5.02 Å². The lowest BCUT2D eigenvalue weighted by Gasteiger charge is -2.32. The molecule has 0 spiro atoms.